The second kappa shape index (κ2) is 5.87. The number of nitrogens with two attached hydrogens (primary N) is 1. The molecular formula is C13H14N4O3. The van der Waals surface area contributed by atoms with Gasteiger partial charge in [0.25, 0.3) is 5.91 Å². The summed E-state index contributed by atoms with van der Waals surface area (Å²) in [7, 11) is 2.92. The lowest BCUT2D eigenvalue weighted by atomic mass is 10.2. The van der Waals surface area contributed by atoms with Gasteiger partial charge in [-0.15, -0.1) is 0 Å². The quantitative estimate of drug-likeness (QED) is 0.816. The molecule has 104 valence electrons. The maximum absolute atomic E-state index is 12.1. The van der Waals surface area contributed by atoms with Crippen LogP contribution in [0.15, 0.2) is 30.3 Å². The lowest BCUT2D eigenvalue weighted by Gasteiger charge is -2.08. The van der Waals surface area contributed by atoms with Gasteiger partial charge >= 0.3 is 0 Å². The predicted molar refractivity (Wildman–Crippen MR) is 73.9 cm³/mol. The molecule has 0 atom stereocenters. The molecule has 0 aliphatic rings. The smallest absolute Gasteiger partial charge is 0.260 e. The Balaban J connectivity index is 2.26. The van der Waals surface area contributed by atoms with E-state index >= 15 is 0 Å². The highest BCUT2D eigenvalue weighted by molar-refractivity contribution is 6.06. The molecule has 1 heterocycles. The predicted octanol–water partition coefficient (Wildman–Crippen LogP) is 1.33. The Morgan fingerprint density at radius 3 is 2.30 bits per heavy atom. The highest BCUT2D eigenvalue weighted by Crippen LogP contribution is 2.18. The van der Waals surface area contributed by atoms with Crippen molar-refractivity contribution in [1.82, 2.24) is 9.97 Å². The molecular weight excluding hydrogens is 260 g/mol. The second-order valence-corrected chi connectivity index (χ2v) is 3.82. The zero-order valence-corrected chi connectivity index (χ0v) is 11.1. The third-order valence-electron chi connectivity index (χ3n) is 2.53. The van der Waals surface area contributed by atoms with Crippen molar-refractivity contribution in [3.63, 3.8) is 0 Å². The molecule has 1 aromatic carbocycles. The van der Waals surface area contributed by atoms with Crippen molar-refractivity contribution < 1.29 is 14.3 Å². The minimum Gasteiger partial charge on any atom is -0.481 e. The van der Waals surface area contributed by atoms with E-state index in [1.807, 2.05) is 0 Å². The maximum atomic E-state index is 12.1. The van der Waals surface area contributed by atoms with Gasteiger partial charge in [0, 0.05) is 5.69 Å². The molecule has 2 rings (SSSR count). The molecule has 3 N–H and O–H groups in total. The molecule has 0 saturated heterocycles. The van der Waals surface area contributed by atoms with Gasteiger partial charge in [-0.1, -0.05) is 12.1 Å². The van der Waals surface area contributed by atoms with Crippen molar-refractivity contribution in [3.05, 3.63) is 35.9 Å². The van der Waals surface area contributed by atoms with Crippen LogP contribution in [0.5, 0.6) is 11.8 Å². The van der Waals surface area contributed by atoms with E-state index in [1.54, 1.807) is 24.3 Å². The molecule has 7 nitrogen and oxygen atoms in total. The Morgan fingerprint density at radius 1 is 1.15 bits per heavy atom. The molecule has 0 aliphatic heterocycles. The third kappa shape index (κ3) is 2.94. The fourth-order valence-electron chi connectivity index (χ4n) is 1.54. The molecule has 0 unspecified atom stereocenters. The number of carbonyl (C=O) groups excluding carboxylic acids is 1. The van der Waals surface area contributed by atoms with Crippen LogP contribution in [-0.4, -0.2) is 30.1 Å². The van der Waals surface area contributed by atoms with Crippen molar-refractivity contribution in [3.8, 4) is 11.8 Å². The summed E-state index contributed by atoms with van der Waals surface area (Å²) >= 11 is 0. The summed E-state index contributed by atoms with van der Waals surface area (Å²) in [6.07, 6.45) is 0. The number of benzene rings is 1. The number of aromatic nitrogens is 2. The lowest BCUT2D eigenvalue weighted by Crippen LogP contribution is -2.16. The Morgan fingerprint density at radius 2 is 1.75 bits per heavy atom. The highest BCUT2D eigenvalue weighted by atomic mass is 16.5. The fourth-order valence-corrected chi connectivity index (χ4v) is 1.54. The second-order valence-electron chi connectivity index (χ2n) is 3.82. The Hall–Kier alpha value is -2.83. The van der Waals surface area contributed by atoms with Gasteiger partial charge in [-0.3, -0.25) is 10.1 Å². The Bertz CT molecular complexity index is 609. The van der Waals surface area contributed by atoms with Gasteiger partial charge in [0.15, 0.2) is 0 Å². The summed E-state index contributed by atoms with van der Waals surface area (Å²) in [6, 6.07) is 8.23. The molecule has 1 aromatic heterocycles. The molecule has 7 heteroatoms. The van der Waals surface area contributed by atoms with Crippen LogP contribution in [0, 0.1) is 0 Å². The lowest BCUT2D eigenvalue weighted by molar-refractivity contribution is 0.102. The van der Waals surface area contributed by atoms with Crippen molar-refractivity contribution in [1.29, 1.82) is 0 Å². The number of amides is 1. The van der Waals surface area contributed by atoms with Crippen LogP contribution in [0.1, 0.15) is 10.4 Å². The van der Waals surface area contributed by atoms with E-state index < -0.39 is 5.91 Å². The van der Waals surface area contributed by atoms with E-state index in [4.69, 9.17) is 15.2 Å². The zero-order valence-electron chi connectivity index (χ0n) is 11.1. The van der Waals surface area contributed by atoms with E-state index in [0.29, 0.717) is 11.3 Å². The highest BCUT2D eigenvalue weighted by Gasteiger charge is 2.12. The largest absolute Gasteiger partial charge is 0.481 e. The number of methoxy groups -OCH3 is 2. The molecule has 0 aliphatic carbocycles. The summed E-state index contributed by atoms with van der Waals surface area (Å²) < 4.78 is 10.0. The molecule has 0 fully saturated rings. The summed E-state index contributed by atoms with van der Waals surface area (Å²) in [6.45, 7) is 0. The minimum absolute atomic E-state index is 0.0782. The number of nitrogens with one attached hydrogen (secondary N) is 1. The summed E-state index contributed by atoms with van der Waals surface area (Å²) in [5.41, 5.74) is 6.46. The van der Waals surface area contributed by atoms with E-state index in [0.717, 1.165) is 0 Å². The van der Waals surface area contributed by atoms with Crippen LogP contribution in [0.2, 0.25) is 0 Å². The van der Waals surface area contributed by atoms with Crippen LogP contribution in [-0.2, 0) is 0 Å². The monoisotopic (exact) mass is 274 g/mol. The topological polar surface area (TPSA) is 99.4 Å². The number of nitrogens with zero attached hydrogens (tertiary/aromatic N) is 2. The molecule has 0 radical (unpaired) electrons. The number of hydrogen-bond acceptors (Lipinski definition) is 6. The molecule has 20 heavy (non-hydrogen) atoms. The first-order chi connectivity index (χ1) is 9.63. The van der Waals surface area contributed by atoms with Gasteiger partial charge in [-0.25, -0.2) is 0 Å². The number of nitrogen functional groups attached to an aromatic ring is 1. The van der Waals surface area contributed by atoms with Crippen molar-refractivity contribution in [2.75, 3.05) is 25.3 Å². The zero-order chi connectivity index (χ0) is 14.5. The van der Waals surface area contributed by atoms with Gasteiger partial charge in [0.05, 0.1) is 25.8 Å². The number of anilines is 2. The van der Waals surface area contributed by atoms with Gasteiger partial charge in [-0.05, 0) is 12.1 Å². The van der Waals surface area contributed by atoms with E-state index in [9.17, 15) is 4.79 Å². The summed E-state index contributed by atoms with van der Waals surface area (Å²) in [5.74, 6) is 0.245. The molecule has 0 saturated carbocycles. The first-order valence-electron chi connectivity index (χ1n) is 5.77. The van der Waals surface area contributed by atoms with E-state index in [2.05, 4.69) is 15.3 Å². The van der Waals surface area contributed by atoms with Crippen molar-refractivity contribution >= 4 is 17.5 Å². The average Bonchev–Trinajstić information content (AvgIpc) is 2.47. The minimum atomic E-state index is -0.404. The first-order valence-corrected chi connectivity index (χ1v) is 5.77. The number of para-hydroxylation sites is 1. The van der Waals surface area contributed by atoms with Crippen LogP contribution < -0.4 is 20.5 Å². The average molecular weight is 274 g/mol. The number of hydrogen-bond donors (Lipinski definition) is 2. The number of rotatable bonds is 4. The van der Waals surface area contributed by atoms with Gasteiger partial charge in [-0.2, -0.15) is 9.97 Å². The first kappa shape index (κ1) is 13.6. The van der Waals surface area contributed by atoms with Gasteiger partial charge < -0.3 is 15.2 Å². The van der Waals surface area contributed by atoms with Gasteiger partial charge in [0.2, 0.25) is 17.7 Å². The normalized spacial score (nSPS) is 9.90. The van der Waals surface area contributed by atoms with Crippen LogP contribution >= 0.6 is 0 Å². The van der Waals surface area contributed by atoms with Crippen molar-refractivity contribution in [2.24, 2.45) is 0 Å². The third-order valence-corrected chi connectivity index (χ3v) is 2.53. The van der Waals surface area contributed by atoms with Crippen LogP contribution in [0.4, 0.5) is 11.6 Å². The van der Waals surface area contributed by atoms with Crippen molar-refractivity contribution in [2.45, 2.75) is 0 Å². The molecule has 0 bridgehead atoms. The SMILES string of the molecule is COc1cc(OC)nc(NC(=O)c2ccccc2N)n1. The fraction of sp³-hybridized carbons (Fsp3) is 0.154. The maximum Gasteiger partial charge on any atom is 0.260 e. The van der Waals surface area contributed by atoms with Crippen LogP contribution in [0.25, 0.3) is 0 Å². The molecule has 0 spiro atoms. The molecule has 1 amide bonds. The van der Waals surface area contributed by atoms with Gasteiger partial charge in [0.1, 0.15) is 0 Å². The summed E-state index contributed by atoms with van der Waals surface area (Å²) in [5, 5.41) is 2.55. The molecule has 2 aromatic rings. The van der Waals surface area contributed by atoms with Crippen LogP contribution in [0.3, 0.4) is 0 Å². The Kier molecular flexibility index (Phi) is 3.99. The summed E-state index contributed by atoms with van der Waals surface area (Å²) in [4.78, 5) is 20.1. The number of ether oxygens (including phenoxy) is 2. The van der Waals surface area contributed by atoms with E-state index in [-0.39, 0.29) is 17.7 Å². The standard InChI is InChI=1S/C13H14N4O3/c1-19-10-7-11(20-2)16-13(15-10)17-12(18)8-5-3-4-6-9(8)14/h3-7H,14H2,1-2H3,(H,15,16,17,18). The van der Waals surface area contributed by atoms with E-state index in [1.165, 1.54) is 20.3 Å². The Labute approximate surface area is 115 Å². The number of carbonyl (C=O) groups is 1.